The van der Waals surface area contributed by atoms with E-state index in [-0.39, 0.29) is 5.70 Å². The number of ether oxygens (including phenoxy) is 3. The zero-order valence-corrected chi connectivity index (χ0v) is 14.5. The molecule has 0 bridgehead atoms. The van der Waals surface area contributed by atoms with Crippen LogP contribution in [0.3, 0.4) is 0 Å². The van der Waals surface area contributed by atoms with Crippen LogP contribution in [0.5, 0.6) is 11.5 Å². The maximum atomic E-state index is 13.5. The van der Waals surface area contributed by atoms with Crippen LogP contribution in [-0.2, 0) is 16.0 Å². The van der Waals surface area contributed by atoms with E-state index >= 15 is 0 Å². The average molecular weight is 355 g/mol. The first-order valence-electron chi connectivity index (χ1n) is 8.07. The molecule has 0 saturated heterocycles. The normalized spacial score (nSPS) is 15.0. The Hall–Kier alpha value is -3.15. The van der Waals surface area contributed by atoms with E-state index in [0.29, 0.717) is 30.1 Å². The van der Waals surface area contributed by atoms with Gasteiger partial charge in [0.2, 0.25) is 0 Å². The van der Waals surface area contributed by atoms with Crippen LogP contribution in [0.25, 0.3) is 6.08 Å². The zero-order valence-electron chi connectivity index (χ0n) is 14.5. The predicted octanol–water partition coefficient (Wildman–Crippen LogP) is 3.77. The third-order valence-electron chi connectivity index (χ3n) is 3.95. The molecule has 1 heterocycles. The molecule has 0 fully saturated rings. The van der Waals surface area contributed by atoms with Gasteiger partial charge in [-0.25, -0.2) is 14.2 Å². The molecule has 0 amide bonds. The van der Waals surface area contributed by atoms with E-state index in [0.717, 1.165) is 11.3 Å². The molecule has 6 heteroatoms. The number of carbonyl (C=O) groups excluding carboxylic acids is 1. The first kappa shape index (κ1) is 17.7. The van der Waals surface area contributed by atoms with E-state index < -0.39 is 11.8 Å². The van der Waals surface area contributed by atoms with Gasteiger partial charge in [-0.2, -0.15) is 0 Å². The molecule has 1 aliphatic heterocycles. The summed E-state index contributed by atoms with van der Waals surface area (Å²) in [6, 6.07) is 11.7. The lowest BCUT2D eigenvalue weighted by molar-refractivity contribution is -0.130. The van der Waals surface area contributed by atoms with Gasteiger partial charge < -0.3 is 14.2 Å². The van der Waals surface area contributed by atoms with Crippen LogP contribution < -0.4 is 9.47 Å². The van der Waals surface area contributed by atoms with Crippen molar-refractivity contribution in [2.24, 2.45) is 4.99 Å². The summed E-state index contributed by atoms with van der Waals surface area (Å²) in [6.07, 6.45) is 2.52. The summed E-state index contributed by atoms with van der Waals surface area (Å²) in [5, 5.41) is 0. The Morgan fingerprint density at radius 3 is 2.62 bits per heavy atom. The van der Waals surface area contributed by atoms with Crippen LogP contribution in [-0.4, -0.2) is 26.1 Å². The van der Waals surface area contributed by atoms with Crippen LogP contribution in [0.1, 0.15) is 17.5 Å². The summed E-state index contributed by atoms with van der Waals surface area (Å²) in [4.78, 5) is 16.3. The van der Waals surface area contributed by atoms with E-state index in [2.05, 4.69) is 4.99 Å². The van der Waals surface area contributed by atoms with Crippen molar-refractivity contribution in [3.63, 3.8) is 0 Å². The minimum absolute atomic E-state index is 0.115. The fourth-order valence-electron chi connectivity index (χ4n) is 2.68. The molecule has 3 rings (SSSR count). The average Bonchev–Trinajstić information content (AvgIpc) is 3.00. The van der Waals surface area contributed by atoms with E-state index in [9.17, 15) is 9.18 Å². The highest BCUT2D eigenvalue weighted by molar-refractivity contribution is 6.07. The van der Waals surface area contributed by atoms with Crippen molar-refractivity contribution in [2.45, 2.75) is 12.8 Å². The number of methoxy groups -OCH3 is 2. The molecule has 5 nitrogen and oxygen atoms in total. The van der Waals surface area contributed by atoms with Gasteiger partial charge in [-0.05, 0) is 42.3 Å². The number of nitrogens with zero attached hydrogens (tertiary/aromatic N) is 1. The van der Waals surface area contributed by atoms with E-state index in [1.54, 1.807) is 7.11 Å². The fraction of sp³-hybridized carbons (Fsp3) is 0.200. The molecule has 0 N–H and O–H groups in total. The summed E-state index contributed by atoms with van der Waals surface area (Å²) in [6.45, 7) is 0. The molecule has 2 aromatic rings. The number of halogens is 1. The van der Waals surface area contributed by atoms with Gasteiger partial charge in [0.05, 0.1) is 14.2 Å². The van der Waals surface area contributed by atoms with Gasteiger partial charge in [0, 0.05) is 12.0 Å². The van der Waals surface area contributed by atoms with Gasteiger partial charge >= 0.3 is 5.97 Å². The number of rotatable bonds is 6. The third-order valence-corrected chi connectivity index (χ3v) is 3.95. The number of esters is 1. The van der Waals surface area contributed by atoms with Crippen LogP contribution in [0, 0.1) is 5.82 Å². The Morgan fingerprint density at radius 1 is 1.08 bits per heavy atom. The molecule has 0 unspecified atom stereocenters. The number of para-hydroxylation sites is 1. The third kappa shape index (κ3) is 3.91. The van der Waals surface area contributed by atoms with Crippen molar-refractivity contribution in [3.05, 3.63) is 65.1 Å². The number of hydrogen-bond donors (Lipinski definition) is 0. The zero-order chi connectivity index (χ0) is 18.5. The summed E-state index contributed by atoms with van der Waals surface area (Å²) in [5.41, 5.74) is 1.54. The second-order valence-electron chi connectivity index (χ2n) is 5.62. The Balaban J connectivity index is 1.78. The molecule has 0 saturated carbocycles. The maximum absolute atomic E-state index is 13.5. The number of aliphatic imine (C=N–C) groups is 1. The van der Waals surface area contributed by atoms with Crippen molar-refractivity contribution >= 4 is 17.9 Å². The SMILES string of the molecule is COc1ccc(F)cc1/C=C1/N=C(CCc2ccccc2OC)OC1=O. The smallest absolute Gasteiger partial charge is 0.363 e. The topological polar surface area (TPSA) is 57.1 Å². The highest BCUT2D eigenvalue weighted by atomic mass is 19.1. The summed E-state index contributed by atoms with van der Waals surface area (Å²) in [5.74, 6) is 0.556. The van der Waals surface area contributed by atoms with E-state index in [4.69, 9.17) is 14.2 Å². The number of aryl methyl sites for hydroxylation is 1. The molecule has 1 aliphatic rings. The van der Waals surface area contributed by atoms with Gasteiger partial charge in [0.15, 0.2) is 11.6 Å². The largest absolute Gasteiger partial charge is 0.496 e. The lowest BCUT2D eigenvalue weighted by Crippen LogP contribution is -2.05. The van der Waals surface area contributed by atoms with Crippen LogP contribution in [0.15, 0.2) is 53.2 Å². The van der Waals surface area contributed by atoms with Crippen molar-refractivity contribution in [2.75, 3.05) is 14.2 Å². The molecule has 0 atom stereocenters. The molecule has 0 spiro atoms. The van der Waals surface area contributed by atoms with Crippen molar-refractivity contribution in [3.8, 4) is 11.5 Å². The Kier molecular flexibility index (Phi) is 5.31. The van der Waals surface area contributed by atoms with Gasteiger partial charge in [-0.15, -0.1) is 0 Å². The number of cyclic esters (lactones) is 1. The number of hydrogen-bond acceptors (Lipinski definition) is 5. The highest BCUT2D eigenvalue weighted by Gasteiger charge is 2.23. The van der Waals surface area contributed by atoms with E-state index in [1.165, 1.54) is 31.4 Å². The van der Waals surface area contributed by atoms with Gasteiger partial charge in [-0.3, -0.25) is 0 Å². The van der Waals surface area contributed by atoms with Crippen molar-refractivity contribution in [1.82, 2.24) is 0 Å². The van der Waals surface area contributed by atoms with Gasteiger partial charge in [-0.1, -0.05) is 18.2 Å². The fourth-order valence-corrected chi connectivity index (χ4v) is 2.68. The van der Waals surface area contributed by atoms with Gasteiger partial charge in [0.25, 0.3) is 0 Å². The first-order valence-corrected chi connectivity index (χ1v) is 8.07. The quantitative estimate of drug-likeness (QED) is 0.585. The lowest BCUT2D eigenvalue weighted by Gasteiger charge is -2.07. The molecular formula is C20H18FNO4. The molecule has 134 valence electrons. The second-order valence-corrected chi connectivity index (χ2v) is 5.62. The summed E-state index contributed by atoms with van der Waals surface area (Å²) < 4.78 is 29.2. The summed E-state index contributed by atoms with van der Waals surface area (Å²) in [7, 11) is 3.09. The molecular weight excluding hydrogens is 337 g/mol. The molecule has 0 aromatic heterocycles. The minimum Gasteiger partial charge on any atom is -0.496 e. The van der Waals surface area contributed by atoms with Crippen LogP contribution in [0.4, 0.5) is 4.39 Å². The van der Waals surface area contributed by atoms with Crippen molar-refractivity contribution in [1.29, 1.82) is 0 Å². The van der Waals surface area contributed by atoms with Crippen LogP contribution in [0.2, 0.25) is 0 Å². The van der Waals surface area contributed by atoms with Crippen LogP contribution >= 0.6 is 0 Å². The molecule has 2 aromatic carbocycles. The van der Waals surface area contributed by atoms with Gasteiger partial charge in [0.1, 0.15) is 17.3 Å². The van der Waals surface area contributed by atoms with E-state index in [1.807, 2.05) is 24.3 Å². The predicted molar refractivity (Wildman–Crippen MR) is 95.8 cm³/mol. The maximum Gasteiger partial charge on any atom is 0.363 e. The monoisotopic (exact) mass is 355 g/mol. The molecule has 0 aliphatic carbocycles. The number of carbonyl (C=O) groups is 1. The van der Waals surface area contributed by atoms with Crippen molar-refractivity contribution < 1.29 is 23.4 Å². The Bertz CT molecular complexity index is 889. The lowest BCUT2D eigenvalue weighted by atomic mass is 10.1. The molecule has 26 heavy (non-hydrogen) atoms. The molecule has 0 radical (unpaired) electrons. The Labute approximate surface area is 150 Å². The standard InChI is InChI=1S/C20H18FNO4/c1-24-17-6-4-3-5-13(17)7-10-19-22-16(20(23)26-19)12-14-11-15(21)8-9-18(14)25-2/h3-6,8-9,11-12H,7,10H2,1-2H3/b16-12+. The number of benzene rings is 2. The summed E-state index contributed by atoms with van der Waals surface area (Å²) >= 11 is 0. The highest BCUT2D eigenvalue weighted by Crippen LogP contribution is 2.25. The first-order chi connectivity index (χ1) is 12.6. The Morgan fingerprint density at radius 2 is 1.85 bits per heavy atom. The second kappa shape index (κ2) is 7.82. The minimum atomic E-state index is -0.564.